The molecular formula is C22H23BrN6O3. The zero-order chi connectivity index (χ0) is 22.8. The van der Waals surface area contributed by atoms with Crippen molar-refractivity contribution in [3.63, 3.8) is 0 Å². The van der Waals surface area contributed by atoms with Crippen LogP contribution in [0.5, 0.6) is 0 Å². The minimum atomic E-state index is -0.548. The second kappa shape index (κ2) is 9.07. The lowest BCUT2D eigenvalue weighted by atomic mass is 10.1. The van der Waals surface area contributed by atoms with Crippen LogP contribution in [0.3, 0.4) is 0 Å². The zero-order valence-electron chi connectivity index (χ0n) is 17.4. The summed E-state index contributed by atoms with van der Waals surface area (Å²) in [5, 5.41) is 16.3. The Labute approximate surface area is 193 Å². The summed E-state index contributed by atoms with van der Waals surface area (Å²) >= 11 is 3.28. The number of hydrogen-bond donors (Lipinski definition) is 4. The first-order valence-corrected chi connectivity index (χ1v) is 11.1. The number of rotatable bonds is 7. The number of piperidine rings is 1. The quantitative estimate of drug-likeness (QED) is 0.343. The molecule has 2 heterocycles. The number of nitrogens with zero attached hydrogens (tertiary/aromatic N) is 2. The summed E-state index contributed by atoms with van der Waals surface area (Å²) in [6.45, 7) is -0.0415. The molecule has 4 rings (SSSR count). The highest BCUT2D eigenvalue weighted by molar-refractivity contribution is 9.10. The molecule has 166 valence electrons. The van der Waals surface area contributed by atoms with E-state index >= 15 is 0 Å². The summed E-state index contributed by atoms with van der Waals surface area (Å²) in [5.74, 6) is -0.184. The summed E-state index contributed by atoms with van der Waals surface area (Å²) < 4.78 is 0.614. The van der Waals surface area contributed by atoms with E-state index in [9.17, 15) is 14.4 Å². The van der Waals surface area contributed by atoms with Gasteiger partial charge in [0.25, 0.3) is 5.91 Å². The van der Waals surface area contributed by atoms with Gasteiger partial charge in [0, 0.05) is 24.3 Å². The Morgan fingerprint density at radius 3 is 2.69 bits per heavy atom. The van der Waals surface area contributed by atoms with Gasteiger partial charge < -0.3 is 20.9 Å². The number of pyridine rings is 1. The van der Waals surface area contributed by atoms with Gasteiger partial charge in [-0.25, -0.2) is 4.98 Å². The van der Waals surface area contributed by atoms with E-state index in [0.29, 0.717) is 34.0 Å². The third kappa shape index (κ3) is 4.50. The topological polar surface area (TPSA) is 127 Å². The molecular weight excluding hydrogens is 476 g/mol. The maximum atomic E-state index is 13.1. The first-order chi connectivity index (χ1) is 15.4. The minimum absolute atomic E-state index is 0.0415. The van der Waals surface area contributed by atoms with Crippen molar-refractivity contribution >= 4 is 50.9 Å². The number of aromatic nitrogens is 1. The van der Waals surface area contributed by atoms with E-state index in [1.165, 1.54) is 7.05 Å². The summed E-state index contributed by atoms with van der Waals surface area (Å²) in [6.07, 6.45) is 1.54. The summed E-state index contributed by atoms with van der Waals surface area (Å²) in [6, 6.07) is 11.6. The van der Waals surface area contributed by atoms with Crippen molar-refractivity contribution in [3.8, 4) is 0 Å². The predicted molar refractivity (Wildman–Crippen MR) is 124 cm³/mol. The molecule has 2 aromatic rings. The number of fused-ring (bicyclic) bond motifs is 1. The fourth-order valence-corrected chi connectivity index (χ4v) is 4.44. The van der Waals surface area contributed by atoms with Crippen LogP contribution in [0.2, 0.25) is 0 Å². The fourth-order valence-electron chi connectivity index (χ4n) is 4.10. The Balaban J connectivity index is 1.43. The molecule has 2 fully saturated rings. The number of anilines is 2. The van der Waals surface area contributed by atoms with E-state index in [1.807, 2.05) is 0 Å². The smallest absolute Gasteiger partial charge is 0.269 e. The van der Waals surface area contributed by atoms with Gasteiger partial charge in [-0.1, -0.05) is 24.3 Å². The second-order valence-corrected chi connectivity index (χ2v) is 8.62. The first kappa shape index (κ1) is 21.9. The lowest BCUT2D eigenvalue weighted by Gasteiger charge is -2.27. The van der Waals surface area contributed by atoms with Crippen LogP contribution in [0.4, 0.5) is 11.5 Å². The molecule has 1 aliphatic heterocycles. The molecule has 3 atom stereocenters. The Bertz CT molecular complexity index is 1090. The van der Waals surface area contributed by atoms with Crippen molar-refractivity contribution in [2.24, 2.45) is 5.92 Å². The van der Waals surface area contributed by atoms with Crippen LogP contribution >= 0.6 is 15.9 Å². The molecule has 4 N–H and O–H groups in total. The van der Waals surface area contributed by atoms with Gasteiger partial charge in [0.15, 0.2) is 0 Å². The molecule has 32 heavy (non-hydrogen) atoms. The van der Waals surface area contributed by atoms with Gasteiger partial charge in [-0.2, -0.15) is 0 Å². The molecule has 3 amide bonds. The third-order valence-corrected chi connectivity index (χ3v) is 6.18. The average Bonchev–Trinajstić information content (AvgIpc) is 3.45. The van der Waals surface area contributed by atoms with Gasteiger partial charge in [-0.05, 0) is 52.9 Å². The molecule has 0 radical (unpaired) electrons. The number of likely N-dealkylation sites (tertiary alicyclic amines) is 1. The summed E-state index contributed by atoms with van der Waals surface area (Å²) in [7, 11) is 1.46. The van der Waals surface area contributed by atoms with Crippen molar-refractivity contribution in [2.45, 2.75) is 24.9 Å². The molecule has 1 saturated carbocycles. The maximum absolute atomic E-state index is 13.1. The number of carbonyl (C=O) groups is 3. The van der Waals surface area contributed by atoms with E-state index in [-0.39, 0.29) is 30.1 Å². The lowest BCUT2D eigenvalue weighted by molar-refractivity contribution is -0.136. The molecule has 0 spiro atoms. The molecule has 0 unspecified atom stereocenters. The van der Waals surface area contributed by atoms with Gasteiger partial charge in [-0.3, -0.25) is 19.8 Å². The van der Waals surface area contributed by atoms with E-state index in [4.69, 9.17) is 5.41 Å². The minimum Gasteiger partial charge on any atom is -0.376 e. The van der Waals surface area contributed by atoms with Gasteiger partial charge in [-0.15, -0.1) is 0 Å². The Morgan fingerprint density at radius 2 is 1.94 bits per heavy atom. The van der Waals surface area contributed by atoms with Crippen LogP contribution in [-0.4, -0.2) is 59.0 Å². The number of halogens is 1. The van der Waals surface area contributed by atoms with Crippen LogP contribution in [0.15, 0.2) is 47.1 Å². The number of hydrogen-bond acceptors (Lipinski definition) is 6. The molecule has 0 bridgehead atoms. The highest BCUT2D eigenvalue weighted by Crippen LogP contribution is 2.48. The molecule has 9 nitrogen and oxygen atoms in total. The fraction of sp³-hybridized carbons (Fsp3) is 0.318. The van der Waals surface area contributed by atoms with Crippen LogP contribution in [0, 0.1) is 11.3 Å². The second-order valence-electron chi connectivity index (χ2n) is 7.80. The lowest BCUT2D eigenvalue weighted by Crippen LogP contribution is -2.47. The number of para-hydroxylation sites is 1. The molecule has 10 heteroatoms. The molecule has 2 aliphatic rings. The van der Waals surface area contributed by atoms with Crippen LogP contribution in [-0.2, 0) is 14.4 Å². The summed E-state index contributed by atoms with van der Waals surface area (Å²) in [5.41, 5.74) is 0.728. The molecule has 1 aromatic carbocycles. The van der Waals surface area contributed by atoms with Crippen molar-refractivity contribution in [1.82, 2.24) is 15.2 Å². The molecule has 1 aromatic heterocycles. The number of likely N-dealkylation sites (N-methyl/N-ethyl adjacent to an activating group) is 1. The maximum Gasteiger partial charge on any atom is 0.269 e. The standard InChI is InChI=1S/C22H23BrN6O3/c1-25-22(32)20(24)13-5-2-3-6-14(13)26-11-19(30)29-15-9-12(15)10-16(29)21(31)28-18-8-4-7-17(23)27-18/h2-8,12,15-16,24,26H,9-11H2,1H3,(H,25,32)(H,27,28,31)/t12-,15-,16+/m1/s1. The number of nitrogens with one attached hydrogen (secondary N) is 4. The van der Waals surface area contributed by atoms with Gasteiger partial charge >= 0.3 is 0 Å². The Hall–Kier alpha value is -3.27. The van der Waals surface area contributed by atoms with Crippen molar-refractivity contribution in [3.05, 3.63) is 52.6 Å². The Kier molecular flexibility index (Phi) is 6.22. The van der Waals surface area contributed by atoms with E-state index in [2.05, 4.69) is 36.9 Å². The van der Waals surface area contributed by atoms with Crippen LogP contribution in [0.1, 0.15) is 18.4 Å². The van der Waals surface area contributed by atoms with Crippen LogP contribution in [0.25, 0.3) is 0 Å². The van der Waals surface area contributed by atoms with E-state index in [1.54, 1.807) is 47.4 Å². The van der Waals surface area contributed by atoms with Gasteiger partial charge in [0.2, 0.25) is 11.8 Å². The summed E-state index contributed by atoms with van der Waals surface area (Å²) in [4.78, 5) is 43.7. The van der Waals surface area contributed by atoms with Crippen molar-refractivity contribution < 1.29 is 14.4 Å². The number of carbonyl (C=O) groups excluding carboxylic acids is 3. The average molecular weight is 499 g/mol. The normalized spacial score (nSPS) is 20.8. The van der Waals surface area contributed by atoms with Crippen molar-refractivity contribution in [2.75, 3.05) is 24.2 Å². The number of benzene rings is 1. The first-order valence-electron chi connectivity index (χ1n) is 10.3. The Morgan fingerprint density at radius 1 is 1.16 bits per heavy atom. The number of amides is 3. The highest BCUT2D eigenvalue weighted by Gasteiger charge is 2.55. The largest absolute Gasteiger partial charge is 0.376 e. The predicted octanol–water partition coefficient (Wildman–Crippen LogP) is 2.00. The molecule has 1 saturated heterocycles. The highest BCUT2D eigenvalue weighted by atomic mass is 79.9. The monoisotopic (exact) mass is 498 g/mol. The van der Waals surface area contributed by atoms with E-state index < -0.39 is 11.9 Å². The van der Waals surface area contributed by atoms with E-state index in [0.717, 1.165) is 6.42 Å². The molecule has 1 aliphatic carbocycles. The van der Waals surface area contributed by atoms with Crippen LogP contribution < -0.4 is 16.0 Å². The van der Waals surface area contributed by atoms with Gasteiger partial charge in [0.1, 0.15) is 22.2 Å². The zero-order valence-corrected chi connectivity index (χ0v) is 19.0. The van der Waals surface area contributed by atoms with Crippen molar-refractivity contribution in [1.29, 1.82) is 5.41 Å². The third-order valence-electron chi connectivity index (χ3n) is 5.74. The van der Waals surface area contributed by atoms with Gasteiger partial charge in [0.05, 0.1) is 6.54 Å². The SMILES string of the molecule is CNC(=O)C(=N)c1ccccc1NCC(=O)N1[C@@H]2C[C@@H]2C[C@H]1C(=O)Nc1cccc(Br)n1.